The zero-order valence-electron chi connectivity index (χ0n) is 22.7. The Morgan fingerprint density at radius 3 is 1.69 bits per heavy atom. The summed E-state index contributed by atoms with van der Waals surface area (Å²) in [6.07, 6.45) is -8.18. The highest BCUT2D eigenvalue weighted by Gasteiger charge is 2.67. The molecule has 1 unspecified atom stereocenters. The molecule has 0 spiro atoms. The molecule has 0 radical (unpaired) electrons. The highest BCUT2D eigenvalue weighted by molar-refractivity contribution is 5.74. The number of benzene rings is 2. The fraction of sp³-hybridized carbons (Fsp3) is 0.533. The van der Waals surface area contributed by atoms with E-state index in [-0.39, 0.29) is 17.8 Å². The Bertz CT molecular complexity index is 1070. The van der Waals surface area contributed by atoms with Crippen molar-refractivity contribution >= 4 is 12.2 Å². The average molecular weight is 513 g/mol. The molecule has 2 aromatic carbocycles. The lowest BCUT2D eigenvalue weighted by atomic mass is 9.76. The Labute approximate surface area is 211 Å². The minimum Gasteiger partial charge on any atom is -0.170 e. The van der Waals surface area contributed by atoms with Crippen LogP contribution >= 0.6 is 0 Å². The molecular formula is C30H38F6. The van der Waals surface area contributed by atoms with Gasteiger partial charge in [0.1, 0.15) is 0 Å². The predicted octanol–water partition coefficient (Wildman–Crippen LogP) is 10.4. The van der Waals surface area contributed by atoms with E-state index in [0.717, 1.165) is 16.7 Å². The van der Waals surface area contributed by atoms with Crippen molar-refractivity contribution in [1.82, 2.24) is 0 Å². The number of hydrogen-bond acceptors (Lipinski definition) is 0. The van der Waals surface area contributed by atoms with Gasteiger partial charge < -0.3 is 0 Å². The third-order valence-corrected chi connectivity index (χ3v) is 7.06. The predicted molar refractivity (Wildman–Crippen MR) is 137 cm³/mol. The van der Waals surface area contributed by atoms with E-state index in [1.54, 1.807) is 30.3 Å². The van der Waals surface area contributed by atoms with Crippen LogP contribution in [0.3, 0.4) is 0 Å². The molecule has 1 atom stereocenters. The second-order valence-corrected chi connectivity index (χ2v) is 12.1. The molecule has 0 amide bonds. The van der Waals surface area contributed by atoms with Gasteiger partial charge in [0.2, 0.25) is 0 Å². The molecule has 200 valence electrons. The summed E-state index contributed by atoms with van der Waals surface area (Å²) in [5.74, 6) is -0.966. The van der Waals surface area contributed by atoms with Gasteiger partial charge in [0.05, 0.1) is 0 Å². The first-order valence-corrected chi connectivity index (χ1v) is 12.2. The molecule has 2 rings (SSSR count). The van der Waals surface area contributed by atoms with Gasteiger partial charge in [0.25, 0.3) is 0 Å². The summed E-state index contributed by atoms with van der Waals surface area (Å²) >= 11 is 0. The Balaban J connectivity index is 2.56. The average Bonchev–Trinajstić information content (AvgIpc) is 2.69. The van der Waals surface area contributed by atoms with Gasteiger partial charge in [-0.1, -0.05) is 97.0 Å². The van der Waals surface area contributed by atoms with E-state index in [1.165, 1.54) is 12.5 Å². The molecule has 36 heavy (non-hydrogen) atoms. The van der Waals surface area contributed by atoms with Gasteiger partial charge in [-0.3, -0.25) is 0 Å². The molecule has 2 aromatic rings. The monoisotopic (exact) mass is 512 g/mol. The van der Waals surface area contributed by atoms with Gasteiger partial charge in [-0.05, 0) is 70.4 Å². The van der Waals surface area contributed by atoms with Crippen LogP contribution in [0.15, 0.2) is 36.4 Å². The van der Waals surface area contributed by atoms with Crippen LogP contribution in [0.2, 0.25) is 0 Å². The SMILES string of the molecule is Cc1c(C=Cc2ccccc2C(C)CC(C)(C(F)(F)F)C(F)(F)F)cc(C(C)(C)C)cc1C(C)(C)C. The van der Waals surface area contributed by atoms with Crippen LogP contribution in [0, 0.1) is 12.3 Å². The summed E-state index contributed by atoms with van der Waals surface area (Å²) in [6.45, 7) is 16.5. The standard InChI is InChI=1S/C30H38F6/c1-19(18-28(9,29(31,32)33)30(34,35)36)24-13-11-10-12-21(24)14-15-22-16-23(26(3,4)5)17-25(20(22)2)27(6,7)8/h10-17,19H,18H2,1-9H3. The maximum atomic E-state index is 13.5. The van der Waals surface area contributed by atoms with E-state index in [0.29, 0.717) is 11.1 Å². The van der Waals surface area contributed by atoms with E-state index < -0.39 is 30.1 Å². The third kappa shape index (κ3) is 6.36. The molecule has 0 heterocycles. The van der Waals surface area contributed by atoms with Gasteiger partial charge in [-0.2, -0.15) is 26.3 Å². The maximum absolute atomic E-state index is 13.5. The Morgan fingerprint density at radius 2 is 1.22 bits per heavy atom. The molecule has 0 aliphatic rings. The van der Waals surface area contributed by atoms with Crippen molar-refractivity contribution in [3.05, 3.63) is 69.8 Å². The van der Waals surface area contributed by atoms with Crippen LogP contribution < -0.4 is 0 Å². The molecule has 0 aliphatic carbocycles. The van der Waals surface area contributed by atoms with E-state index in [2.05, 4.69) is 53.7 Å². The lowest BCUT2D eigenvalue weighted by molar-refractivity contribution is -0.337. The Morgan fingerprint density at radius 1 is 0.722 bits per heavy atom. The number of hydrogen-bond donors (Lipinski definition) is 0. The van der Waals surface area contributed by atoms with Crippen molar-refractivity contribution in [3.63, 3.8) is 0 Å². The smallest absolute Gasteiger partial charge is 0.170 e. The fourth-order valence-corrected chi connectivity index (χ4v) is 4.53. The van der Waals surface area contributed by atoms with E-state index >= 15 is 0 Å². The number of halogens is 6. The summed E-state index contributed by atoms with van der Waals surface area (Å²) in [7, 11) is 0. The third-order valence-electron chi connectivity index (χ3n) is 7.06. The van der Waals surface area contributed by atoms with Crippen molar-refractivity contribution in [2.75, 3.05) is 0 Å². The fourth-order valence-electron chi connectivity index (χ4n) is 4.53. The van der Waals surface area contributed by atoms with Crippen LogP contribution in [0.5, 0.6) is 0 Å². The number of rotatable bonds is 5. The topological polar surface area (TPSA) is 0 Å². The van der Waals surface area contributed by atoms with Gasteiger partial charge in [-0.25, -0.2) is 0 Å². The van der Waals surface area contributed by atoms with Crippen LogP contribution in [-0.4, -0.2) is 12.4 Å². The van der Waals surface area contributed by atoms with Crippen molar-refractivity contribution in [3.8, 4) is 0 Å². The summed E-state index contributed by atoms with van der Waals surface area (Å²) < 4.78 is 81.1. The zero-order valence-corrected chi connectivity index (χ0v) is 22.7. The Hall–Kier alpha value is -2.24. The largest absolute Gasteiger partial charge is 0.402 e. The van der Waals surface area contributed by atoms with Crippen molar-refractivity contribution in [1.29, 1.82) is 0 Å². The normalized spacial score (nSPS) is 15.0. The summed E-state index contributed by atoms with van der Waals surface area (Å²) in [6, 6.07) is 11.0. The highest BCUT2D eigenvalue weighted by atomic mass is 19.4. The molecular weight excluding hydrogens is 474 g/mol. The zero-order chi connectivity index (χ0) is 27.9. The molecule has 0 nitrogen and oxygen atoms in total. The number of alkyl halides is 6. The summed E-state index contributed by atoms with van der Waals surface area (Å²) in [4.78, 5) is 0. The van der Waals surface area contributed by atoms with Gasteiger partial charge in [0, 0.05) is 0 Å². The summed E-state index contributed by atoms with van der Waals surface area (Å²) in [5.41, 5.74) is 1.50. The van der Waals surface area contributed by atoms with Crippen molar-refractivity contribution < 1.29 is 26.3 Å². The quantitative estimate of drug-likeness (QED) is 0.276. The van der Waals surface area contributed by atoms with Crippen LogP contribution in [0.4, 0.5) is 26.3 Å². The molecule has 0 bridgehead atoms. The lowest BCUT2D eigenvalue weighted by Crippen LogP contribution is -2.48. The minimum atomic E-state index is -5.40. The molecule has 6 heteroatoms. The first kappa shape index (κ1) is 30.0. The van der Waals surface area contributed by atoms with Crippen LogP contribution in [0.25, 0.3) is 12.2 Å². The van der Waals surface area contributed by atoms with E-state index in [4.69, 9.17) is 0 Å². The van der Waals surface area contributed by atoms with Crippen molar-refractivity contribution in [2.45, 2.75) is 97.8 Å². The van der Waals surface area contributed by atoms with E-state index in [9.17, 15) is 26.3 Å². The van der Waals surface area contributed by atoms with E-state index in [1.807, 2.05) is 13.0 Å². The molecule has 0 saturated heterocycles. The Kier molecular flexibility index (Phi) is 8.25. The first-order chi connectivity index (χ1) is 16.1. The van der Waals surface area contributed by atoms with Gasteiger partial charge in [0.15, 0.2) is 5.41 Å². The highest BCUT2D eigenvalue weighted by Crippen LogP contribution is 2.55. The maximum Gasteiger partial charge on any atom is 0.402 e. The summed E-state index contributed by atoms with van der Waals surface area (Å²) in [5, 5.41) is 0. The second-order valence-electron chi connectivity index (χ2n) is 12.1. The lowest BCUT2D eigenvalue weighted by Gasteiger charge is -2.36. The minimum absolute atomic E-state index is 0.0949. The van der Waals surface area contributed by atoms with Gasteiger partial charge in [-0.15, -0.1) is 0 Å². The second kappa shape index (κ2) is 9.90. The van der Waals surface area contributed by atoms with Crippen LogP contribution in [-0.2, 0) is 10.8 Å². The van der Waals surface area contributed by atoms with Gasteiger partial charge >= 0.3 is 12.4 Å². The molecule has 0 fully saturated rings. The molecule has 0 aliphatic heterocycles. The molecule has 0 saturated carbocycles. The molecule has 0 N–H and O–H groups in total. The van der Waals surface area contributed by atoms with Crippen molar-refractivity contribution in [2.24, 2.45) is 5.41 Å². The first-order valence-electron chi connectivity index (χ1n) is 12.2. The molecule has 0 aromatic heterocycles. The van der Waals surface area contributed by atoms with Crippen LogP contribution in [0.1, 0.15) is 101 Å².